The Morgan fingerprint density at radius 3 is 1.52 bits per heavy atom. The summed E-state index contributed by atoms with van der Waals surface area (Å²) in [6.45, 7) is 15.3. The molecule has 5 heteroatoms. The van der Waals surface area contributed by atoms with Gasteiger partial charge in [-0.2, -0.15) is 0 Å². The van der Waals surface area contributed by atoms with E-state index in [2.05, 4.69) is 72.4 Å². The summed E-state index contributed by atoms with van der Waals surface area (Å²) in [4.78, 5) is 10.2. The Morgan fingerprint density at radius 2 is 1.26 bits per heavy atom. The third-order valence-corrected chi connectivity index (χ3v) is 17.6. The third-order valence-electron chi connectivity index (χ3n) is 4.91. The van der Waals surface area contributed by atoms with E-state index in [1.54, 1.807) is 0 Å². The fraction of sp³-hybridized carbons (Fsp3) is 0.667. The molecule has 0 amide bonds. The number of hydrogen-bond acceptors (Lipinski definition) is 4. The molecular weight excluding hydrogens is 363 g/mol. The molecule has 0 radical (unpaired) electrons. The molecule has 2 unspecified atom stereocenters. The van der Waals surface area contributed by atoms with Crippen LogP contribution < -0.4 is 6.52 Å². The van der Waals surface area contributed by atoms with E-state index in [1.165, 1.54) is 0 Å². The third kappa shape index (κ3) is 3.38. The molecule has 0 aromatic heterocycles. The second-order valence-electron chi connectivity index (χ2n) is 7.07. The maximum absolute atomic E-state index is 5.08. The number of rotatable bonds is 8. The van der Waals surface area contributed by atoms with Gasteiger partial charge in [-0.1, -0.05) is 0 Å². The Morgan fingerprint density at radius 1 is 0.870 bits per heavy atom. The average Bonchev–Trinajstić information content (AvgIpc) is 3.03. The van der Waals surface area contributed by atoms with Gasteiger partial charge < -0.3 is 0 Å². The first-order valence-electron chi connectivity index (χ1n) is 8.84. The molecule has 2 heterocycles. The van der Waals surface area contributed by atoms with Crippen molar-refractivity contribution in [3.8, 4) is 0 Å². The molecule has 0 aromatic carbocycles. The van der Waals surface area contributed by atoms with E-state index in [0.29, 0.717) is 0 Å². The molecule has 2 rings (SSSR count). The van der Waals surface area contributed by atoms with E-state index in [-0.39, 0.29) is 6.49 Å². The summed E-state index contributed by atoms with van der Waals surface area (Å²) in [5.41, 5.74) is 2.24. The number of allylic oxidation sites excluding steroid dienone is 2. The number of hydrogen-bond donors (Lipinski definition) is 2. The molecule has 0 saturated heterocycles. The summed E-state index contributed by atoms with van der Waals surface area (Å²) in [5, 5.41) is 0. The van der Waals surface area contributed by atoms with Crippen LogP contribution in [-0.2, 0) is 20.8 Å². The summed E-state index contributed by atoms with van der Waals surface area (Å²) in [7, 11) is 0. The Kier molecular flexibility index (Phi) is 5.97. The Hall–Kier alpha value is -0.377. The standard InChI is InChI=1S/2C6H8N.2C3H8N.Zr/c2*1-5-3-4-6(2)7-5;2*1-2-3-4;/h2*3-4H,1-2H3;2*4H,2-3H2,1H3;/q;;2*-1;+2. The zero-order valence-corrected chi connectivity index (χ0v) is 18.0. The molecule has 2 atom stereocenters. The average molecular weight is 396 g/mol. The monoisotopic (exact) mass is 394 g/mol. The van der Waals surface area contributed by atoms with Crippen molar-refractivity contribution in [3.63, 3.8) is 0 Å². The van der Waals surface area contributed by atoms with Crippen LogP contribution in [0.2, 0.25) is 0 Å². The Bertz CT molecular complexity index is 513. The summed E-state index contributed by atoms with van der Waals surface area (Å²) < 4.78 is 7.67. The van der Waals surface area contributed by atoms with E-state index in [1.807, 2.05) is 0 Å². The van der Waals surface area contributed by atoms with Crippen molar-refractivity contribution in [1.29, 1.82) is 0 Å². The predicted molar refractivity (Wildman–Crippen MR) is 97.9 cm³/mol. The van der Waals surface area contributed by atoms with Gasteiger partial charge in [-0.3, -0.25) is 0 Å². The molecule has 128 valence electrons. The van der Waals surface area contributed by atoms with E-state index < -0.39 is 20.8 Å². The van der Waals surface area contributed by atoms with E-state index in [9.17, 15) is 0 Å². The van der Waals surface area contributed by atoms with Crippen LogP contribution in [-0.4, -0.2) is 31.0 Å². The fourth-order valence-corrected chi connectivity index (χ4v) is 16.5. The maximum atomic E-state index is 5.08. The molecule has 2 aliphatic rings. The van der Waals surface area contributed by atoms with Gasteiger partial charge >= 0.3 is 147 Å². The van der Waals surface area contributed by atoms with Gasteiger partial charge in [0.05, 0.1) is 0 Å². The number of nitrogens with zero attached hydrogens (tertiary/aromatic N) is 2. The molecule has 2 N–H and O–H groups in total. The molecule has 0 spiro atoms. The molecule has 0 saturated carbocycles. The van der Waals surface area contributed by atoms with Crippen LogP contribution in [0.4, 0.5) is 0 Å². The van der Waals surface area contributed by atoms with Gasteiger partial charge in [0.25, 0.3) is 0 Å². The van der Waals surface area contributed by atoms with Crippen molar-refractivity contribution in [3.05, 3.63) is 24.3 Å². The van der Waals surface area contributed by atoms with Crippen molar-refractivity contribution in [2.45, 2.75) is 60.9 Å². The van der Waals surface area contributed by atoms with E-state index >= 15 is 0 Å². The van der Waals surface area contributed by atoms with Crippen molar-refractivity contribution >= 4 is 11.4 Å². The molecule has 23 heavy (non-hydrogen) atoms. The van der Waals surface area contributed by atoms with Gasteiger partial charge in [-0.25, -0.2) is 0 Å². The first-order valence-corrected chi connectivity index (χ1v) is 13.8. The van der Waals surface area contributed by atoms with Crippen molar-refractivity contribution in [1.82, 2.24) is 6.52 Å². The van der Waals surface area contributed by atoms with Crippen molar-refractivity contribution in [2.75, 3.05) is 13.1 Å². The van der Waals surface area contributed by atoms with Gasteiger partial charge in [0, 0.05) is 0 Å². The second kappa shape index (κ2) is 7.25. The molecule has 0 aliphatic carbocycles. The number of nitrogens with one attached hydrogen (secondary N) is 2. The zero-order valence-electron chi connectivity index (χ0n) is 15.5. The van der Waals surface area contributed by atoms with Crippen LogP contribution >= 0.6 is 0 Å². The van der Waals surface area contributed by atoms with Gasteiger partial charge in [0.1, 0.15) is 0 Å². The van der Waals surface area contributed by atoms with Gasteiger partial charge in [0.15, 0.2) is 0 Å². The minimum atomic E-state index is -3.33. The van der Waals surface area contributed by atoms with Crippen LogP contribution in [0.25, 0.3) is 0 Å². The summed E-state index contributed by atoms with van der Waals surface area (Å²) in [6.07, 6.45) is 11.2. The first-order chi connectivity index (χ1) is 10.8. The van der Waals surface area contributed by atoms with Gasteiger partial charge in [-0.15, -0.1) is 0 Å². The van der Waals surface area contributed by atoms with Crippen LogP contribution in [0.15, 0.2) is 34.3 Å². The molecule has 2 aliphatic heterocycles. The zero-order chi connectivity index (χ0) is 17.1. The molecule has 0 fully saturated rings. The molecule has 4 nitrogen and oxygen atoms in total. The second-order valence-corrected chi connectivity index (χ2v) is 17.5. The van der Waals surface area contributed by atoms with Crippen LogP contribution in [0.1, 0.15) is 54.4 Å². The van der Waals surface area contributed by atoms with Gasteiger partial charge in [-0.05, 0) is 0 Å². The first kappa shape index (κ1) is 19.0. The minimum absolute atomic E-state index is 0.170. The van der Waals surface area contributed by atoms with E-state index in [0.717, 1.165) is 37.4 Å². The van der Waals surface area contributed by atoms with Crippen molar-refractivity contribution in [2.24, 2.45) is 9.98 Å². The van der Waals surface area contributed by atoms with Crippen LogP contribution in [0.3, 0.4) is 0 Å². The van der Waals surface area contributed by atoms with Gasteiger partial charge in [0.2, 0.25) is 0 Å². The number of aliphatic imine (C=N–C) groups is 2. The van der Waals surface area contributed by atoms with E-state index in [4.69, 9.17) is 9.98 Å². The normalized spacial score (nSPS) is 30.0. The van der Waals surface area contributed by atoms with Crippen molar-refractivity contribution < 1.29 is 20.8 Å². The Balaban J connectivity index is 2.56. The summed E-state index contributed by atoms with van der Waals surface area (Å²) in [5.74, 6) is 0. The van der Waals surface area contributed by atoms with Crippen LogP contribution in [0.5, 0.6) is 0 Å². The van der Waals surface area contributed by atoms with Crippen LogP contribution in [0, 0.1) is 0 Å². The topological polar surface area (TPSA) is 48.8 Å². The fourth-order valence-electron chi connectivity index (χ4n) is 3.78. The predicted octanol–water partition coefficient (Wildman–Crippen LogP) is 3.46. The quantitative estimate of drug-likeness (QED) is 0.661. The Labute approximate surface area is 146 Å². The SMILES string of the molecule is CCC[NH][Zr]([NH]CCC)([C]1(C)C=CC(C)=N1)[C]1(C)C=CC(C)=N1. The summed E-state index contributed by atoms with van der Waals surface area (Å²) in [6, 6.07) is 0. The molecular formula is C18H32N4Zr. The summed E-state index contributed by atoms with van der Waals surface area (Å²) >= 11 is -3.33. The molecule has 0 bridgehead atoms. The molecule has 0 aromatic rings.